The molecular weight excluding hydrogens is 208 g/mol. The van der Waals surface area contributed by atoms with Crippen molar-refractivity contribution in [1.82, 2.24) is 10.2 Å². The van der Waals surface area contributed by atoms with E-state index in [2.05, 4.69) is 31.0 Å². The largest absolute Gasteiger partial charge is 0.383 e. The highest BCUT2D eigenvalue weighted by Crippen LogP contribution is 2.04. The van der Waals surface area contributed by atoms with Crippen molar-refractivity contribution in [1.29, 1.82) is 0 Å². The number of thiocarbonyl (C=S) groups is 1. The van der Waals surface area contributed by atoms with Crippen molar-refractivity contribution in [2.45, 2.75) is 45.7 Å². The van der Waals surface area contributed by atoms with E-state index in [4.69, 9.17) is 17.0 Å². The molecule has 0 aliphatic carbocycles. The van der Waals surface area contributed by atoms with Gasteiger partial charge in [-0.05, 0) is 32.5 Å². The average molecular weight is 232 g/mol. The monoisotopic (exact) mass is 232 g/mol. The summed E-state index contributed by atoms with van der Waals surface area (Å²) in [6, 6.07) is 0.753. The highest BCUT2D eigenvalue weighted by Gasteiger charge is 2.13. The summed E-state index contributed by atoms with van der Waals surface area (Å²) in [7, 11) is 3.74. The van der Waals surface area contributed by atoms with Crippen molar-refractivity contribution in [3.8, 4) is 0 Å². The molecule has 0 spiro atoms. The normalized spacial score (nSPS) is 14.5. The highest BCUT2D eigenvalue weighted by atomic mass is 32.1. The average Bonchev–Trinajstić information content (AvgIpc) is 2.17. The van der Waals surface area contributed by atoms with Gasteiger partial charge in [0.2, 0.25) is 0 Å². The van der Waals surface area contributed by atoms with Crippen molar-refractivity contribution in [2.75, 3.05) is 20.8 Å². The molecule has 1 N–H and O–H groups in total. The number of hydrogen-bond donors (Lipinski definition) is 1. The van der Waals surface area contributed by atoms with Crippen molar-refractivity contribution in [3.05, 3.63) is 0 Å². The molecule has 2 atom stereocenters. The summed E-state index contributed by atoms with van der Waals surface area (Å²) >= 11 is 5.32. The Morgan fingerprint density at radius 3 is 2.53 bits per heavy atom. The third-order valence-electron chi connectivity index (χ3n) is 2.47. The van der Waals surface area contributed by atoms with Gasteiger partial charge in [-0.1, -0.05) is 13.3 Å². The minimum absolute atomic E-state index is 0.263. The number of nitrogens with one attached hydrogen (secondary N) is 1. The van der Waals surface area contributed by atoms with Gasteiger partial charge >= 0.3 is 0 Å². The number of methoxy groups -OCH3 is 1. The number of nitrogens with zero attached hydrogens (tertiary/aromatic N) is 1. The molecule has 15 heavy (non-hydrogen) atoms. The maximum atomic E-state index is 5.32. The Bertz CT molecular complexity index is 187. The number of ether oxygens (including phenoxy) is 1. The molecule has 0 amide bonds. The molecule has 0 aromatic rings. The maximum Gasteiger partial charge on any atom is 0.169 e. The lowest BCUT2D eigenvalue weighted by molar-refractivity contribution is 0.177. The smallest absolute Gasteiger partial charge is 0.169 e. The van der Waals surface area contributed by atoms with E-state index in [1.165, 1.54) is 6.42 Å². The molecule has 0 heterocycles. The van der Waals surface area contributed by atoms with Gasteiger partial charge in [-0.3, -0.25) is 0 Å². The first kappa shape index (κ1) is 14.6. The van der Waals surface area contributed by atoms with Crippen molar-refractivity contribution < 1.29 is 4.74 Å². The van der Waals surface area contributed by atoms with Crippen LogP contribution in [0.25, 0.3) is 0 Å². The molecule has 0 bridgehead atoms. The zero-order chi connectivity index (χ0) is 11.8. The second kappa shape index (κ2) is 7.88. The molecule has 0 rings (SSSR count). The Balaban J connectivity index is 3.97. The van der Waals surface area contributed by atoms with E-state index < -0.39 is 0 Å². The lowest BCUT2D eigenvalue weighted by Crippen LogP contribution is -2.46. The summed E-state index contributed by atoms with van der Waals surface area (Å²) in [6.07, 6.45) is 2.35. The molecule has 0 aromatic carbocycles. The van der Waals surface area contributed by atoms with E-state index in [0.29, 0.717) is 12.6 Å². The van der Waals surface area contributed by atoms with E-state index >= 15 is 0 Å². The summed E-state index contributed by atoms with van der Waals surface area (Å²) in [4.78, 5) is 2.12. The molecule has 0 radical (unpaired) electrons. The fourth-order valence-corrected chi connectivity index (χ4v) is 1.80. The Morgan fingerprint density at radius 2 is 2.07 bits per heavy atom. The Morgan fingerprint density at radius 1 is 1.47 bits per heavy atom. The lowest BCUT2D eigenvalue weighted by Gasteiger charge is -2.29. The molecule has 0 saturated carbocycles. The van der Waals surface area contributed by atoms with Gasteiger partial charge in [-0.2, -0.15) is 0 Å². The highest BCUT2D eigenvalue weighted by molar-refractivity contribution is 7.80. The van der Waals surface area contributed by atoms with Gasteiger partial charge in [0.1, 0.15) is 0 Å². The molecule has 3 nitrogen and oxygen atoms in total. The predicted molar refractivity (Wildman–Crippen MR) is 69.2 cm³/mol. The molecule has 2 unspecified atom stereocenters. The Kier molecular flexibility index (Phi) is 7.70. The fourth-order valence-electron chi connectivity index (χ4n) is 1.42. The molecular formula is C11H24N2OS. The summed E-state index contributed by atoms with van der Waals surface area (Å²) < 4.78 is 5.05. The Labute approximate surface area is 99.2 Å². The number of rotatable bonds is 6. The first-order chi connectivity index (χ1) is 7.02. The van der Waals surface area contributed by atoms with Crippen molar-refractivity contribution in [2.24, 2.45) is 0 Å². The van der Waals surface area contributed by atoms with E-state index in [1.54, 1.807) is 7.11 Å². The van der Waals surface area contributed by atoms with Crippen LogP contribution in [0.2, 0.25) is 0 Å². The van der Waals surface area contributed by atoms with Crippen LogP contribution in [0.1, 0.15) is 33.6 Å². The second-order valence-corrected chi connectivity index (χ2v) is 4.44. The van der Waals surface area contributed by atoms with E-state index in [0.717, 1.165) is 11.5 Å². The van der Waals surface area contributed by atoms with Gasteiger partial charge in [-0.25, -0.2) is 0 Å². The maximum absolute atomic E-state index is 5.32. The molecule has 0 aliphatic heterocycles. The van der Waals surface area contributed by atoms with E-state index in [1.807, 2.05) is 7.05 Å². The van der Waals surface area contributed by atoms with E-state index in [-0.39, 0.29) is 6.04 Å². The molecule has 4 heteroatoms. The molecule has 0 aliphatic rings. The van der Waals surface area contributed by atoms with Crippen molar-refractivity contribution >= 4 is 17.3 Å². The van der Waals surface area contributed by atoms with Gasteiger partial charge in [0.25, 0.3) is 0 Å². The minimum Gasteiger partial charge on any atom is -0.383 e. The van der Waals surface area contributed by atoms with Crippen LogP contribution in [0.15, 0.2) is 0 Å². The van der Waals surface area contributed by atoms with Crippen LogP contribution < -0.4 is 5.32 Å². The Hall–Kier alpha value is -0.350. The summed E-state index contributed by atoms with van der Waals surface area (Å²) in [6.45, 7) is 7.12. The minimum atomic E-state index is 0.263. The first-order valence-corrected chi connectivity index (χ1v) is 5.96. The zero-order valence-electron chi connectivity index (χ0n) is 10.5. The zero-order valence-corrected chi connectivity index (χ0v) is 11.4. The predicted octanol–water partition coefficient (Wildman–Crippen LogP) is 2.02. The van der Waals surface area contributed by atoms with Crippen LogP contribution in [0, 0.1) is 0 Å². The molecule has 0 fully saturated rings. The van der Waals surface area contributed by atoms with Crippen LogP contribution in [0.4, 0.5) is 0 Å². The van der Waals surface area contributed by atoms with Crippen LogP contribution >= 0.6 is 12.2 Å². The first-order valence-electron chi connectivity index (χ1n) is 5.55. The van der Waals surface area contributed by atoms with Crippen molar-refractivity contribution in [3.63, 3.8) is 0 Å². The van der Waals surface area contributed by atoms with Gasteiger partial charge in [-0.15, -0.1) is 0 Å². The van der Waals surface area contributed by atoms with Gasteiger partial charge in [0.15, 0.2) is 5.11 Å². The quantitative estimate of drug-likeness (QED) is 0.708. The third-order valence-corrected chi connectivity index (χ3v) is 2.88. The summed E-state index contributed by atoms with van der Waals surface area (Å²) in [5.41, 5.74) is 0. The van der Waals surface area contributed by atoms with Gasteiger partial charge in [0, 0.05) is 26.2 Å². The summed E-state index contributed by atoms with van der Waals surface area (Å²) in [5.74, 6) is 0. The SMILES string of the molecule is CCCC(C)N(C)C(=S)NC(C)COC. The topological polar surface area (TPSA) is 24.5 Å². The third kappa shape index (κ3) is 5.95. The van der Waals surface area contributed by atoms with Crippen LogP contribution in [0.5, 0.6) is 0 Å². The molecule has 0 saturated heterocycles. The van der Waals surface area contributed by atoms with E-state index in [9.17, 15) is 0 Å². The van der Waals surface area contributed by atoms with Crippen LogP contribution in [-0.2, 0) is 4.74 Å². The fraction of sp³-hybridized carbons (Fsp3) is 0.909. The standard InChI is InChI=1S/C11H24N2OS/c1-6-7-10(3)13(4)11(15)12-9(2)8-14-5/h9-10H,6-8H2,1-5H3,(H,12,15). The summed E-state index contributed by atoms with van der Waals surface area (Å²) in [5, 5.41) is 4.06. The number of hydrogen-bond acceptors (Lipinski definition) is 2. The second-order valence-electron chi connectivity index (χ2n) is 4.05. The molecule has 0 aromatic heterocycles. The van der Waals surface area contributed by atoms with Gasteiger partial charge < -0.3 is 15.0 Å². The molecule has 90 valence electrons. The van der Waals surface area contributed by atoms with Gasteiger partial charge in [0.05, 0.1) is 6.61 Å². The van der Waals surface area contributed by atoms with Crippen LogP contribution in [-0.4, -0.2) is 42.9 Å². The lowest BCUT2D eigenvalue weighted by atomic mass is 10.2. The van der Waals surface area contributed by atoms with Crippen LogP contribution in [0.3, 0.4) is 0 Å².